The van der Waals surface area contributed by atoms with E-state index in [0.717, 1.165) is 48.3 Å². The molecule has 3 rings (SSSR count). The standard InChI is InChI=1S/C32H38N2O3/c1-3-5-7-8-9-10-11-12-13-14-31(35)37-30-21-15-26(16-22-30)28-24-33-32(34-25-28)27-17-19-29(20-18-27)36-23-6-4-2/h11,13,15-22,24-25H,3-10,14,23H2,1-2H3. The third kappa shape index (κ3) is 10.1. The maximum Gasteiger partial charge on any atom is 0.315 e. The number of nitrogens with zero attached hydrogens (tertiary/aromatic N) is 2. The molecule has 0 bridgehead atoms. The number of esters is 1. The van der Waals surface area contributed by atoms with Crippen LogP contribution in [0.15, 0.2) is 78.8 Å². The first-order valence-corrected chi connectivity index (χ1v) is 13.5. The molecule has 0 spiro atoms. The first kappa shape index (κ1) is 27.9. The second-order valence-electron chi connectivity index (χ2n) is 9.00. The normalized spacial score (nSPS) is 10.4. The molecule has 5 nitrogen and oxygen atoms in total. The van der Waals surface area contributed by atoms with Gasteiger partial charge in [0.25, 0.3) is 0 Å². The first-order chi connectivity index (χ1) is 18.2. The number of aromatic nitrogens is 2. The predicted molar refractivity (Wildman–Crippen MR) is 150 cm³/mol. The summed E-state index contributed by atoms with van der Waals surface area (Å²) in [4.78, 5) is 21.1. The Balaban J connectivity index is 1.46. The Morgan fingerprint density at radius 2 is 1.41 bits per heavy atom. The van der Waals surface area contributed by atoms with Gasteiger partial charge in [-0.05, 0) is 73.4 Å². The summed E-state index contributed by atoms with van der Waals surface area (Å²) in [7, 11) is 0. The van der Waals surface area contributed by atoms with E-state index >= 15 is 0 Å². The highest BCUT2D eigenvalue weighted by molar-refractivity contribution is 5.74. The van der Waals surface area contributed by atoms with Gasteiger partial charge in [0, 0.05) is 23.5 Å². The molecule has 0 aliphatic heterocycles. The number of rotatable bonds is 15. The lowest BCUT2D eigenvalue weighted by molar-refractivity contribution is -0.133. The van der Waals surface area contributed by atoms with Crippen LogP contribution in [-0.2, 0) is 4.79 Å². The van der Waals surface area contributed by atoms with Gasteiger partial charge in [-0.2, -0.15) is 0 Å². The number of unbranched alkanes of at least 4 members (excludes halogenated alkanes) is 6. The van der Waals surface area contributed by atoms with Crippen LogP contribution in [0, 0.1) is 0 Å². The molecular weight excluding hydrogens is 460 g/mol. The van der Waals surface area contributed by atoms with Gasteiger partial charge in [0.1, 0.15) is 11.5 Å². The zero-order valence-corrected chi connectivity index (χ0v) is 22.1. The number of ether oxygens (including phenoxy) is 2. The molecular formula is C32H38N2O3. The fourth-order valence-corrected chi connectivity index (χ4v) is 3.71. The summed E-state index contributed by atoms with van der Waals surface area (Å²) < 4.78 is 11.1. The van der Waals surface area contributed by atoms with Gasteiger partial charge in [-0.3, -0.25) is 4.79 Å². The minimum Gasteiger partial charge on any atom is -0.494 e. The van der Waals surface area contributed by atoms with E-state index < -0.39 is 0 Å². The van der Waals surface area contributed by atoms with Crippen molar-refractivity contribution in [2.45, 2.75) is 71.6 Å². The Morgan fingerprint density at radius 3 is 2.11 bits per heavy atom. The highest BCUT2D eigenvalue weighted by Crippen LogP contribution is 2.24. The molecule has 0 saturated carbocycles. The highest BCUT2D eigenvalue weighted by Gasteiger charge is 2.06. The van der Waals surface area contributed by atoms with Crippen molar-refractivity contribution in [2.24, 2.45) is 0 Å². The van der Waals surface area contributed by atoms with Crippen molar-refractivity contribution in [3.63, 3.8) is 0 Å². The van der Waals surface area contributed by atoms with Gasteiger partial charge >= 0.3 is 5.97 Å². The molecule has 5 heteroatoms. The SMILES string of the molecule is CCCCCCCC=C=CCC(=O)Oc1ccc(-c2cnc(-c3ccc(OCCCC)cc3)nc2)cc1. The minimum atomic E-state index is -0.300. The van der Waals surface area contributed by atoms with E-state index in [9.17, 15) is 4.79 Å². The maximum absolute atomic E-state index is 12.1. The van der Waals surface area contributed by atoms with Crippen molar-refractivity contribution in [1.29, 1.82) is 0 Å². The second-order valence-corrected chi connectivity index (χ2v) is 9.00. The predicted octanol–water partition coefficient (Wildman–Crippen LogP) is 8.36. The van der Waals surface area contributed by atoms with Crippen molar-refractivity contribution >= 4 is 5.97 Å². The summed E-state index contributed by atoms with van der Waals surface area (Å²) in [6.45, 7) is 5.09. The van der Waals surface area contributed by atoms with Gasteiger partial charge in [-0.1, -0.05) is 58.1 Å². The Bertz CT molecular complexity index is 1130. The van der Waals surface area contributed by atoms with E-state index in [0.29, 0.717) is 11.6 Å². The lowest BCUT2D eigenvalue weighted by Crippen LogP contribution is -2.05. The zero-order valence-electron chi connectivity index (χ0n) is 22.1. The van der Waals surface area contributed by atoms with E-state index in [1.54, 1.807) is 30.6 Å². The quantitative estimate of drug-likeness (QED) is 0.0912. The Hall–Kier alpha value is -3.69. The van der Waals surface area contributed by atoms with Crippen LogP contribution in [0.1, 0.15) is 71.6 Å². The fourth-order valence-electron chi connectivity index (χ4n) is 3.71. The van der Waals surface area contributed by atoms with E-state index in [1.165, 1.54) is 32.1 Å². The van der Waals surface area contributed by atoms with E-state index in [1.807, 2.05) is 42.5 Å². The van der Waals surface area contributed by atoms with Crippen LogP contribution >= 0.6 is 0 Å². The minimum absolute atomic E-state index is 0.204. The maximum atomic E-state index is 12.1. The van der Waals surface area contributed by atoms with Crippen molar-refractivity contribution in [3.8, 4) is 34.0 Å². The molecule has 194 valence electrons. The van der Waals surface area contributed by atoms with Gasteiger partial charge in [0.2, 0.25) is 0 Å². The molecule has 1 aromatic heterocycles. The van der Waals surface area contributed by atoms with Crippen LogP contribution in [0.5, 0.6) is 11.5 Å². The summed E-state index contributed by atoms with van der Waals surface area (Å²) >= 11 is 0. The lowest BCUT2D eigenvalue weighted by atomic mass is 10.1. The monoisotopic (exact) mass is 498 g/mol. The Labute approximate surface area is 221 Å². The fraction of sp³-hybridized carbons (Fsp3) is 0.375. The second kappa shape index (κ2) is 16.1. The third-order valence-electron chi connectivity index (χ3n) is 5.91. The topological polar surface area (TPSA) is 61.3 Å². The summed E-state index contributed by atoms with van der Waals surface area (Å²) in [5, 5.41) is 0. The molecule has 0 amide bonds. The summed E-state index contributed by atoms with van der Waals surface area (Å²) in [5.41, 5.74) is 5.86. The Kier molecular flexibility index (Phi) is 12.2. The smallest absolute Gasteiger partial charge is 0.315 e. The van der Waals surface area contributed by atoms with Crippen molar-refractivity contribution in [2.75, 3.05) is 6.61 Å². The highest BCUT2D eigenvalue weighted by atomic mass is 16.5. The number of hydrogen-bond donors (Lipinski definition) is 0. The van der Waals surface area contributed by atoms with Crippen molar-refractivity contribution < 1.29 is 14.3 Å². The van der Waals surface area contributed by atoms with Crippen LogP contribution in [0.2, 0.25) is 0 Å². The number of carbonyl (C=O) groups is 1. The summed E-state index contributed by atoms with van der Waals surface area (Å²) in [6.07, 6.45) is 17.0. The zero-order chi connectivity index (χ0) is 26.1. The largest absolute Gasteiger partial charge is 0.494 e. The average Bonchev–Trinajstić information content (AvgIpc) is 2.93. The van der Waals surface area contributed by atoms with Gasteiger partial charge in [0.15, 0.2) is 5.82 Å². The van der Waals surface area contributed by atoms with Gasteiger partial charge in [-0.25, -0.2) is 9.97 Å². The molecule has 0 saturated heterocycles. The van der Waals surface area contributed by atoms with Crippen LogP contribution in [0.25, 0.3) is 22.5 Å². The first-order valence-electron chi connectivity index (χ1n) is 13.5. The summed E-state index contributed by atoms with van der Waals surface area (Å²) in [5.74, 6) is 1.73. The summed E-state index contributed by atoms with van der Waals surface area (Å²) in [6, 6.07) is 15.2. The number of carbonyl (C=O) groups excluding carboxylic acids is 1. The molecule has 0 fully saturated rings. The van der Waals surface area contributed by atoms with Gasteiger partial charge in [0.05, 0.1) is 13.0 Å². The molecule has 3 aromatic rings. The van der Waals surface area contributed by atoms with Crippen LogP contribution in [0.4, 0.5) is 0 Å². The van der Waals surface area contributed by atoms with Crippen molar-refractivity contribution in [3.05, 3.63) is 78.8 Å². The number of hydrogen-bond acceptors (Lipinski definition) is 5. The Morgan fingerprint density at radius 1 is 0.757 bits per heavy atom. The molecule has 0 N–H and O–H groups in total. The molecule has 0 atom stereocenters. The van der Waals surface area contributed by atoms with Gasteiger partial charge < -0.3 is 9.47 Å². The third-order valence-corrected chi connectivity index (χ3v) is 5.91. The molecule has 0 aliphatic carbocycles. The average molecular weight is 499 g/mol. The molecule has 1 heterocycles. The molecule has 0 aliphatic rings. The van der Waals surface area contributed by atoms with Crippen LogP contribution in [0.3, 0.4) is 0 Å². The molecule has 0 radical (unpaired) electrons. The molecule has 37 heavy (non-hydrogen) atoms. The van der Waals surface area contributed by atoms with Crippen molar-refractivity contribution in [1.82, 2.24) is 9.97 Å². The number of benzene rings is 2. The van der Waals surface area contributed by atoms with Crippen LogP contribution in [-0.4, -0.2) is 22.5 Å². The van der Waals surface area contributed by atoms with E-state index in [2.05, 4.69) is 29.5 Å². The lowest BCUT2D eigenvalue weighted by Gasteiger charge is -2.07. The van der Waals surface area contributed by atoms with E-state index in [4.69, 9.17) is 9.47 Å². The van der Waals surface area contributed by atoms with Crippen LogP contribution < -0.4 is 9.47 Å². The molecule has 2 aromatic carbocycles. The van der Waals surface area contributed by atoms with Gasteiger partial charge in [-0.15, -0.1) is 5.73 Å². The molecule has 0 unspecified atom stereocenters. The van der Waals surface area contributed by atoms with E-state index in [-0.39, 0.29) is 12.4 Å².